The monoisotopic (exact) mass is 420 g/mol. The number of hydrogen-bond acceptors (Lipinski definition) is 5. The molecule has 10 heteroatoms. The molecule has 1 unspecified atom stereocenters. The lowest BCUT2D eigenvalue weighted by molar-refractivity contribution is -0.136. The van der Waals surface area contributed by atoms with Gasteiger partial charge in [0.05, 0.1) is 4.90 Å². The van der Waals surface area contributed by atoms with E-state index in [1.54, 1.807) is 6.07 Å². The molecule has 29 heavy (non-hydrogen) atoms. The minimum atomic E-state index is -3.65. The fraction of sp³-hybridized carbons (Fsp3) is 0.526. The first kappa shape index (κ1) is 19.8. The lowest BCUT2D eigenvalue weighted by atomic mass is 9.97. The van der Waals surface area contributed by atoms with Crippen LogP contribution in [-0.2, 0) is 19.6 Å². The first-order valence-corrected chi connectivity index (χ1v) is 11.3. The quantitative estimate of drug-likeness (QED) is 0.599. The van der Waals surface area contributed by atoms with Crippen LogP contribution in [-0.4, -0.2) is 48.8 Å². The first-order valence-electron chi connectivity index (χ1n) is 9.81. The van der Waals surface area contributed by atoms with E-state index in [2.05, 4.69) is 15.4 Å². The van der Waals surface area contributed by atoms with Crippen molar-refractivity contribution in [1.82, 2.24) is 14.9 Å². The van der Waals surface area contributed by atoms with Crippen molar-refractivity contribution in [1.29, 1.82) is 0 Å². The first-order chi connectivity index (χ1) is 13.7. The number of rotatable bonds is 6. The van der Waals surface area contributed by atoms with Crippen molar-refractivity contribution in [3.63, 3.8) is 0 Å². The molecule has 1 aromatic rings. The maximum absolute atomic E-state index is 12.8. The van der Waals surface area contributed by atoms with Gasteiger partial charge >= 0.3 is 6.03 Å². The minimum Gasteiger partial charge on any atom is -0.324 e. The highest BCUT2D eigenvalue weighted by Crippen LogP contribution is 2.35. The second-order valence-electron chi connectivity index (χ2n) is 7.98. The second-order valence-corrected chi connectivity index (χ2v) is 9.70. The number of hydrogen-bond donors (Lipinski definition) is 3. The van der Waals surface area contributed by atoms with Gasteiger partial charge in [0.1, 0.15) is 11.6 Å². The number of nitrogens with one attached hydrogen (secondary N) is 3. The summed E-state index contributed by atoms with van der Waals surface area (Å²) in [6.45, 7) is 1.48. The Morgan fingerprint density at radius 2 is 1.93 bits per heavy atom. The molecule has 3 aliphatic rings. The molecule has 1 atom stereocenters. The molecule has 1 aliphatic heterocycles. The Balaban J connectivity index is 1.47. The highest BCUT2D eigenvalue weighted by atomic mass is 32.2. The fourth-order valence-electron chi connectivity index (χ4n) is 3.90. The normalized spacial score (nSPS) is 22.0. The van der Waals surface area contributed by atoms with Crippen LogP contribution in [0.25, 0.3) is 0 Å². The molecule has 1 heterocycles. The number of nitrogens with zero attached hydrogens (tertiary/aromatic N) is 1. The Morgan fingerprint density at radius 3 is 2.59 bits per heavy atom. The average molecular weight is 420 g/mol. The topological polar surface area (TPSA) is 125 Å². The third-order valence-corrected chi connectivity index (χ3v) is 7.25. The van der Waals surface area contributed by atoms with Gasteiger partial charge in [-0.15, -0.1) is 0 Å². The van der Waals surface area contributed by atoms with Crippen molar-refractivity contribution in [2.24, 2.45) is 0 Å². The lowest BCUT2D eigenvalue weighted by Gasteiger charge is -2.23. The van der Waals surface area contributed by atoms with Gasteiger partial charge in [0.25, 0.3) is 5.91 Å². The number of carbonyl (C=O) groups is 3. The number of anilines is 1. The lowest BCUT2D eigenvalue weighted by Crippen LogP contribution is -2.48. The van der Waals surface area contributed by atoms with Gasteiger partial charge in [-0.3, -0.25) is 9.59 Å². The molecule has 3 N–H and O–H groups in total. The van der Waals surface area contributed by atoms with Crippen molar-refractivity contribution in [2.45, 2.75) is 68.0 Å². The molecule has 4 rings (SSSR count). The zero-order chi connectivity index (χ0) is 20.8. The Morgan fingerprint density at radius 1 is 1.24 bits per heavy atom. The fourth-order valence-corrected chi connectivity index (χ4v) is 5.25. The number of carbonyl (C=O) groups excluding carboxylic acids is 3. The van der Waals surface area contributed by atoms with Gasteiger partial charge in [-0.2, -0.15) is 0 Å². The summed E-state index contributed by atoms with van der Waals surface area (Å²) < 4.78 is 27.3. The smallest absolute Gasteiger partial charge is 0.324 e. The van der Waals surface area contributed by atoms with Crippen LogP contribution in [0.4, 0.5) is 10.5 Å². The molecule has 0 aromatic heterocycles. The summed E-state index contributed by atoms with van der Waals surface area (Å²) in [5.41, 5.74) is -0.600. The number of urea groups is 1. The van der Waals surface area contributed by atoms with E-state index in [9.17, 15) is 22.8 Å². The van der Waals surface area contributed by atoms with Crippen LogP contribution in [0.3, 0.4) is 0 Å². The van der Waals surface area contributed by atoms with E-state index >= 15 is 0 Å². The molecule has 4 amide bonds. The maximum Gasteiger partial charge on any atom is 0.325 e. The molecule has 9 nitrogen and oxygen atoms in total. The average Bonchev–Trinajstić information content (AvgIpc) is 3.28. The van der Waals surface area contributed by atoms with Gasteiger partial charge in [-0.05, 0) is 50.8 Å². The largest absolute Gasteiger partial charge is 0.325 e. The van der Waals surface area contributed by atoms with Gasteiger partial charge in [-0.25, -0.2) is 22.8 Å². The molecule has 0 radical (unpaired) electrons. The zero-order valence-electron chi connectivity index (χ0n) is 16.1. The third kappa shape index (κ3) is 3.74. The molecule has 3 fully saturated rings. The number of amides is 4. The third-order valence-electron chi connectivity index (χ3n) is 5.73. The maximum atomic E-state index is 12.8. The molecule has 1 spiro atoms. The van der Waals surface area contributed by atoms with Crippen molar-refractivity contribution in [3.05, 3.63) is 24.3 Å². The summed E-state index contributed by atoms with van der Waals surface area (Å²) in [6.07, 6.45) is 4.51. The Hall–Kier alpha value is -2.46. The van der Waals surface area contributed by atoms with Crippen molar-refractivity contribution in [3.8, 4) is 0 Å². The Kier molecular flexibility index (Phi) is 4.86. The van der Waals surface area contributed by atoms with Crippen molar-refractivity contribution >= 4 is 33.6 Å². The van der Waals surface area contributed by atoms with Crippen LogP contribution >= 0.6 is 0 Å². The summed E-state index contributed by atoms with van der Waals surface area (Å²) in [4.78, 5) is 38.9. The van der Waals surface area contributed by atoms with Crippen LogP contribution in [0.5, 0.6) is 0 Å². The van der Waals surface area contributed by atoms with Crippen molar-refractivity contribution < 1.29 is 22.8 Å². The number of imide groups is 1. The SMILES string of the molecule is CC(C(=O)Nc1cccc(S(=O)(=O)NC2CC2)c1)N1C(=O)NC2(CCCC2)C1=O. The van der Waals surface area contributed by atoms with Gasteiger partial charge < -0.3 is 10.6 Å². The Bertz CT molecular complexity index is 967. The van der Waals surface area contributed by atoms with E-state index in [0.29, 0.717) is 12.8 Å². The highest BCUT2D eigenvalue weighted by Gasteiger charge is 2.54. The number of sulfonamides is 1. The van der Waals surface area contributed by atoms with E-state index in [0.717, 1.165) is 30.6 Å². The molecule has 2 saturated carbocycles. The predicted octanol–water partition coefficient (Wildman–Crippen LogP) is 1.32. The van der Waals surface area contributed by atoms with Gasteiger partial charge in [0.2, 0.25) is 15.9 Å². The second kappa shape index (κ2) is 7.10. The minimum absolute atomic E-state index is 0.0270. The van der Waals surface area contributed by atoms with E-state index in [1.165, 1.54) is 25.1 Å². The zero-order valence-corrected chi connectivity index (χ0v) is 16.9. The molecular formula is C19H24N4O5S. The van der Waals surface area contributed by atoms with Crippen LogP contribution in [0.15, 0.2) is 29.2 Å². The van der Waals surface area contributed by atoms with Crippen LogP contribution in [0, 0.1) is 0 Å². The Labute approximate surface area is 169 Å². The van der Waals surface area contributed by atoms with Crippen molar-refractivity contribution in [2.75, 3.05) is 5.32 Å². The molecule has 0 bridgehead atoms. The molecular weight excluding hydrogens is 396 g/mol. The summed E-state index contributed by atoms with van der Waals surface area (Å²) in [6, 6.07) is 4.29. The van der Waals surface area contributed by atoms with E-state index in [4.69, 9.17) is 0 Å². The standard InChI is InChI=1S/C19H24N4O5S/c1-12(23-17(25)19(21-18(23)26)9-2-3-10-19)16(24)20-14-5-4-6-15(11-14)29(27,28)22-13-7-8-13/h4-6,11-13,22H,2-3,7-10H2,1H3,(H,20,24)(H,21,26). The van der Waals surface area contributed by atoms with E-state index in [1.807, 2.05) is 0 Å². The van der Waals surface area contributed by atoms with Gasteiger partial charge in [0, 0.05) is 11.7 Å². The molecule has 156 valence electrons. The van der Waals surface area contributed by atoms with Crippen LogP contribution in [0.1, 0.15) is 45.4 Å². The number of benzene rings is 1. The summed E-state index contributed by atoms with van der Waals surface area (Å²) in [5, 5.41) is 5.37. The summed E-state index contributed by atoms with van der Waals surface area (Å²) in [7, 11) is -3.65. The molecule has 1 aromatic carbocycles. The summed E-state index contributed by atoms with van der Waals surface area (Å²) in [5.74, 6) is -0.930. The highest BCUT2D eigenvalue weighted by molar-refractivity contribution is 7.89. The van der Waals surface area contributed by atoms with Crippen LogP contribution < -0.4 is 15.4 Å². The predicted molar refractivity (Wildman–Crippen MR) is 104 cm³/mol. The van der Waals surface area contributed by atoms with E-state index in [-0.39, 0.29) is 22.5 Å². The van der Waals surface area contributed by atoms with Gasteiger partial charge in [-0.1, -0.05) is 18.9 Å². The van der Waals surface area contributed by atoms with Crippen LogP contribution in [0.2, 0.25) is 0 Å². The van der Waals surface area contributed by atoms with Gasteiger partial charge in [0.15, 0.2) is 0 Å². The summed E-state index contributed by atoms with van der Waals surface area (Å²) >= 11 is 0. The van der Waals surface area contributed by atoms with E-state index < -0.39 is 33.5 Å². The molecule has 2 aliphatic carbocycles. The molecule has 1 saturated heterocycles.